The topological polar surface area (TPSA) is 56.1 Å². The van der Waals surface area contributed by atoms with E-state index in [4.69, 9.17) is 9.84 Å². The van der Waals surface area contributed by atoms with Gasteiger partial charge in [0.1, 0.15) is 11.6 Å². The van der Waals surface area contributed by atoms with Crippen molar-refractivity contribution in [3.8, 4) is 5.75 Å². The number of rotatable bonds is 6. The standard InChI is InChI=1S/C21H21N3O2/c1-26-18-11-7-15(8-12-18)14-24-20(13-19(23-24)16-9-10-16)22-21(25)17-5-3-2-4-6-17/h2-8,11-13,16H,9-10,14H2,1H3,(H,22,25). The van der Waals surface area contributed by atoms with Crippen molar-refractivity contribution < 1.29 is 9.53 Å². The molecule has 1 amide bonds. The summed E-state index contributed by atoms with van der Waals surface area (Å²) >= 11 is 0. The van der Waals surface area contributed by atoms with Crippen LogP contribution in [0.25, 0.3) is 0 Å². The Morgan fingerprint density at radius 1 is 1.15 bits per heavy atom. The number of ether oxygens (including phenoxy) is 1. The maximum absolute atomic E-state index is 12.5. The number of methoxy groups -OCH3 is 1. The van der Waals surface area contributed by atoms with Crippen molar-refractivity contribution in [2.45, 2.75) is 25.3 Å². The minimum absolute atomic E-state index is 0.121. The van der Waals surface area contributed by atoms with Crippen molar-refractivity contribution >= 4 is 11.7 Å². The molecule has 26 heavy (non-hydrogen) atoms. The van der Waals surface area contributed by atoms with E-state index < -0.39 is 0 Å². The van der Waals surface area contributed by atoms with E-state index in [1.807, 2.05) is 53.2 Å². The molecular weight excluding hydrogens is 326 g/mol. The maximum Gasteiger partial charge on any atom is 0.256 e. The molecule has 1 aromatic heterocycles. The van der Waals surface area contributed by atoms with Crippen molar-refractivity contribution in [1.29, 1.82) is 0 Å². The van der Waals surface area contributed by atoms with Gasteiger partial charge in [-0.3, -0.25) is 4.79 Å². The van der Waals surface area contributed by atoms with Crippen molar-refractivity contribution in [3.63, 3.8) is 0 Å². The van der Waals surface area contributed by atoms with Gasteiger partial charge < -0.3 is 10.1 Å². The SMILES string of the molecule is COc1ccc(Cn2nc(C3CC3)cc2NC(=O)c2ccccc2)cc1. The molecule has 1 N–H and O–H groups in total. The fourth-order valence-corrected chi connectivity index (χ4v) is 2.92. The van der Waals surface area contributed by atoms with Gasteiger partial charge in [-0.2, -0.15) is 5.10 Å². The lowest BCUT2D eigenvalue weighted by molar-refractivity contribution is 0.102. The molecule has 5 nitrogen and oxygen atoms in total. The molecule has 0 atom stereocenters. The van der Waals surface area contributed by atoms with E-state index in [2.05, 4.69) is 5.32 Å². The Balaban J connectivity index is 1.57. The average molecular weight is 347 g/mol. The zero-order valence-electron chi connectivity index (χ0n) is 14.7. The lowest BCUT2D eigenvalue weighted by Gasteiger charge is -2.09. The highest BCUT2D eigenvalue weighted by Gasteiger charge is 2.27. The van der Waals surface area contributed by atoms with Crippen LogP contribution in [0.2, 0.25) is 0 Å². The van der Waals surface area contributed by atoms with Crippen LogP contribution >= 0.6 is 0 Å². The second-order valence-corrected chi connectivity index (χ2v) is 6.55. The van der Waals surface area contributed by atoms with Crippen molar-refractivity contribution in [3.05, 3.63) is 77.5 Å². The molecule has 0 aliphatic heterocycles. The normalized spacial score (nSPS) is 13.4. The number of hydrogen-bond acceptors (Lipinski definition) is 3. The molecule has 3 aromatic rings. The summed E-state index contributed by atoms with van der Waals surface area (Å²) in [6, 6.07) is 19.1. The van der Waals surface area contributed by atoms with Gasteiger partial charge >= 0.3 is 0 Å². The Morgan fingerprint density at radius 2 is 1.88 bits per heavy atom. The molecule has 0 bridgehead atoms. The van der Waals surface area contributed by atoms with Crippen molar-refractivity contribution in [1.82, 2.24) is 9.78 Å². The molecule has 1 heterocycles. The highest BCUT2D eigenvalue weighted by Crippen LogP contribution is 2.40. The van der Waals surface area contributed by atoms with Gasteiger partial charge in [0, 0.05) is 17.5 Å². The number of anilines is 1. The molecule has 132 valence electrons. The van der Waals surface area contributed by atoms with Crippen LogP contribution in [0, 0.1) is 0 Å². The summed E-state index contributed by atoms with van der Waals surface area (Å²) < 4.78 is 7.08. The minimum atomic E-state index is -0.121. The predicted octanol–water partition coefficient (Wildman–Crippen LogP) is 4.07. The predicted molar refractivity (Wildman–Crippen MR) is 101 cm³/mol. The number of aromatic nitrogens is 2. The third-order valence-corrected chi connectivity index (χ3v) is 4.56. The number of hydrogen-bond donors (Lipinski definition) is 1. The van der Waals surface area contributed by atoms with E-state index in [1.165, 1.54) is 12.8 Å². The Labute approximate surface area is 152 Å². The largest absolute Gasteiger partial charge is 0.497 e. The monoisotopic (exact) mass is 347 g/mol. The van der Waals surface area contributed by atoms with Gasteiger partial charge in [0.2, 0.25) is 0 Å². The highest BCUT2D eigenvalue weighted by atomic mass is 16.5. The summed E-state index contributed by atoms with van der Waals surface area (Å²) in [4.78, 5) is 12.5. The molecule has 4 rings (SSSR count). The average Bonchev–Trinajstić information content (AvgIpc) is 3.46. The van der Waals surface area contributed by atoms with Gasteiger partial charge in [0.15, 0.2) is 0 Å². The minimum Gasteiger partial charge on any atom is -0.497 e. The summed E-state index contributed by atoms with van der Waals surface area (Å²) in [7, 11) is 1.65. The number of benzene rings is 2. The van der Waals surface area contributed by atoms with E-state index in [9.17, 15) is 4.79 Å². The van der Waals surface area contributed by atoms with E-state index in [1.54, 1.807) is 19.2 Å². The number of nitrogens with zero attached hydrogens (tertiary/aromatic N) is 2. The molecule has 2 aromatic carbocycles. The van der Waals surface area contributed by atoms with E-state index >= 15 is 0 Å². The van der Waals surface area contributed by atoms with E-state index in [0.717, 1.165) is 22.8 Å². The van der Waals surface area contributed by atoms with Crippen LogP contribution in [0.15, 0.2) is 60.7 Å². The smallest absolute Gasteiger partial charge is 0.256 e. The highest BCUT2D eigenvalue weighted by molar-refractivity contribution is 6.03. The molecule has 0 saturated heterocycles. The molecule has 5 heteroatoms. The first-order valence-electron chi connectivity index (χ1n) is 8.80. The second-order valence-electron chi connectivity index (χ2n) is 6.55. The molecular formula is C21H21N3O2. The summed E-state index contributed by atoms with van der Waals surface area (Å²) in [6.45, 7) is 0.598. The first-order chi connectivity index (χ1) is 12.7. The zero-order valence-corrected chi connectivity index (χ0v) is 14.7. The fourth-order valence-electron chi connectivity index (χ4n) is 2.92. The van der Waals surface area contributed by atoms with Crippen LogP contribution in [0.5, 0.6) is 5.75 Å². The van der Waals surface area contributed by atoms with Crippen LogP contribution in [-0.2, 0) is 6.54 Å². The number of carbonyl (C=O) groups is 1. The Hall–Kier alpha value is -3.08. The zero-order chi connectivity index (χ0) is 17.9. The lowest BCUT2D eigenvalue weighted by atomic mass is 10.2. The van der Waals surface area contributed by atoms with Gasteiger partial charge in [0.25, 0.3) is 5.91 Å². The van der Waals surface area contributed by atoms with Gasteiger partial charge in [-0.15, -0.1) is 0 Å². The second kappa shape index (κ2) is 7.04. The molecule has 1 aliphatic rings. The summed E-state index contributed by atoms with van der Waals surface area (Å²) in [5.74, 6) is 1.96. The van der Waals surface area contributed by atoms with Crippen molar-refractivity contribution in [2.75, 3.05) is 12.4 Å². The number of carbonyl (C=O) groups excluding carboxylic acids is 1. The van der Waals surface area contributed by atoms with Gasteiger partial charge in [-0.25, -0.2) is 4.68 Å². The van der Waals surface area contributed by atoms with Gasteiger partial charge in [-0.1, -0.05) is 30.3 Å². The molecule has 1 saturated carbocycles. The first-order valence-corrected chi connectivity index (χ1v) is 8.80. The molecule has 1 aliphatic carbocycles. The van der Waals surface area contributed by atoms with Crippen LogP contribution < -0.4 is 10.1 Å². The molecule has 0 spiro atoms. The van der Waals surface area contributed by atoms with E-state index in [0.29, 0.717) is 18.0 Å². The van der Waals surface area contributed by atoms with Crippen LogP contribution in [0.1, 0.15) is 40.4 Å². The molecule has 0 radical (unpaired) electrons. The summed E-state index contributed by atoms with van der Waals surface area (Å²) in [5, 5.41) is 7.74. The Kier molecular flexibility index (Phi) is 4.44. The number of amides is 1. The van der Waals surface area contributed by atoms with Crippen LogP contribution in [0.4, 0.5) is 5.82 Å². The Bertz CT molecular complexity index is 897. The first kappa shape index (κ1) is 16.4. The fraction of sp³-hybridized carbons (Fsp3) is 0.238. The van der Waals surface area contributed by atoms with Crippen LogP contribution in [0.3, 0.4) is 0 Å². The number of nitrogens with one attached hydrogen (secondary N) is 1. The molecule has 1 fully saturated rings. The summed E-state index contributed by atoms with van der Waals surface area (Å²) in [5.41, 5.74) is 2.80. The van der Waals surface area contributed by atoms with Gasteiger partial charge in [0.05, 0.1) is 19.3 Å². The van der Waals surface area contributed by atoms with Crippen LogP contribution in [-0.4, -0.2) is 22.8 Å². The van der Waals surface area contributed by atoms with E-state index in [-0.39, 0.29) is 5.91 Å². The Morgan fingerprint density at radius 3 is 2.54 bits per heavy atom. The van der Waals surface area contributed by atoms with Gasteiger partial charge in [-0.05, 0) is 42.7 Å². The lowest BCUT2D eigenvalue weighted by Crippen LogP contribution is -2.16. The van der Waals surface area contributed by atoms with Crippen molar-refractivity contribution in [2.24, 2.45) is 0 Å². The molecule has 0 unspecified atom stereocenters. The maximum atomic E-state index is 12.5. The third-order valence-electron chi connectivity index (χ3n) is 4.56. The third kappa shape index (κ3) is 3.61. The summed E-state index contributed by atoms with van der Waals surface area (Å²) in [6.07, 6.45) is 2.34. The quantitative estimate of drug-likeness (QED) is 0.731.